The van der Waals surface area contributed by atoms with Crippen LogP contribution in [0.1, 0.15) is 37.3 Å². The molecule has 1 fully saturated rings. The van der Waals surface area contributed by atoms with Crippen LogP contribution in [-0.2, 0) is 6.54 Å². The first-order chi connectivity index (χ1) is 9.81. The molecule has 5 heteroatoms. The van der Waals surface area contributed by atoms with Gasteiger partial charge in [-0.1, -0.05) is 0 Å². The van der Waals surface area contributed by atoms with E-state index in [1.807, 2.05) is 25.1 Å². The van der Waals surface area contributed by atoms with Gasteiger partial charge in [0.05, 0.1) is 24.0 Å². The molecule has 0 radical (unpaired) electrons. The van der Waals surface area contributed by atoms with Gasteiger partial charge in [0.2, 0.25) is 0 Å². The summed E-state index contributed by atoms with van der Waals surface area (Å²) in [5.41, 5.74) is 0.982. The Balaban J connectivity index is 1.52. The van der Waals surface area contributed by atoms with Crippen LogP contribution in [0.25, 0.3) is 0 Å². The molecule has 1 aliphatic rings. The normalized spacial score (nSPS) is 15.8. The van der Waals surface area contributed by atoms with Crippen LogP contribution in [0.4, 0.5) is 0 Å². The average Bonchev–Trinajstić information content (AvgIpc) is 3.31. The van der Waals surface area contributed by atoms with Crippen molar-refractivity contribution < 1.29 is 4.74 Å². The van der Waals surface area contributed by atoms with Crippen molar-refractivity contribution in [2.24, 2.45) is 0 Å². The van der Waals surface area contributed by atoms with Crippen molar-refractivity contribution in [3.05, 3.63) is 48.3 Å². The zero-order chi connectivity index (χ0) is 13.8. The van der Waals surface area contributed by atoms with E-state index in [1.54, 1.807) is 18.6 Å². The molecule has 2 heterocycles. The molecule has 2 aromatic rings. The van der Waals surface area contributed by atoms with Gasteiger partial charge in [0.25, 0.3) is 0 Å². The molecule has 0 aromatic carbocycles. The molecule has 3 rings (SSSR count). The van der Waals surface area contributed by atoms with E-state index in [0.29, 0.717) is 12.6 Å². The Morgan fingerprint density at radius 2 is 2.05 bits per heavy atom. The molecular weight excluding hydrogens is 252 g/mol. The lowest BCUT2D eigenvalue weighted by Gasteiger charge is -2.12. The predicted octanol–water partition coefficient (Wildman–Crippen LogP) is 2.26. The van der Waals surface area contributed by atoms with Crippen LogP contribution in [0.2, 0.25) is 0 Å². The van der Waals surface area contributed by atoms with E-state index >= 15 is 0 Å². The number of nitrogens with zero attached hydrogens (tertiary/aromatic N) is 3. The molecule has 1 atom stereocenters. The number of ether oxygens (including phenoxy) is 1. The highest BCUT2D eigenvalue weighted by atomic mass is 16.5. The van der Waals surface area contributed by atoms with E-state index in [2.05, 4.69) is 20.3 Å². The maximum absolute atomic E-state index is 5.67. The van der Waals surface area contributed by atoms with Gasteiger partial charge < -0.3 is 10.1 Å². The molecule has 0 spiro atoms. The molecule has 2 aromatic heterocycles. The number of aromatic nitrogens is 3. The molecule has 1 N–H and O–H groups in total. The third-order valence-electron chi connectivity index (χ3n) is 3.19. The van der Waals surface area contributed by atoms with E-state index < -0.39 is 0 Å². The van der Waals surface area contributed by atoms with Gasteiger partial charge in [-0.3, -0.25) is 4.98 Å². The lowest BCUT2D eigenvalue weighted by Crippen LogP contribution is -2.20. The second-order valence-corrected chi connectivity index (χ2v) is 5.01. The van der Waals surface area contributed by atoms with Gasteiger partial charge in [0.15, 0.2) is 0 Å². The van der Waals surface area contributed by atoms with E-state index in [-0.39, 0.29) is 6.04 Å². The number of hydrogen-bond donors (Lipinski definition) is 1. The van der Waals surface area contributed by atoms with Crippen molar-refractivity contribution in [2.45, 2.75) is 38.5 Å². The van der Waals surface area contributed by atoms with Gasteiger partial charge in [-0.2, -0.15) is 0 Å². The van der Waals surface area contributed by atoms with Crippen molar-refractivity contribution in [2.75, 3.05) is 0 Å². The Labute approximate surface area is 118 Å². The first kappa shape index (κ1) is 13.0. The van der Waals surface area contributed by atoms with Crippen molar-refractivity contribution in [3.8, 4) is 5.75 Å². The van der Waals surface area contributed by atoms with Crippen LogP contribution in [0, 0.1) is 0 Å². The first-order valence-corrected chi connectivity index (χ1v) is 6.93. The van der Waals surface area contributed by atoms with Crippen molar-refractivity contribution >= 4 is 0 Å². The van der Waals surface area contributed by atoms with E-state index in [1.165, 1.54) is 0 Å². The second kappa shape index (κ2) is 5.96. The Hall–Kier alpha value is -2.01. The van der Waals surface area contributed by atoms with E-state index in [0.717, 1.165) is 30.1 Å². The number of nitrogens with one attached hydrogen (secondary N) is 1. The van der Waals surface area contributed by atoms with Crippen LogP contribution in [-0.4, -0.2) is 21.1 Å². The van der Waals surface area contributed by atoms with Gasteiger partial charge >= 0.3 is 0 Å². The van der Waals surface area contributed by atoms with E-state index in [4.69, 9.17) is 4.74 Å². The summed E-state index contributed by atoms with van der Waals surface area (Å²) in [7, 11) is 0. The number of hydrogen-bond acceptors (Lipinski definition) is 5. The van der Waals surface area contributed by atoms with Gasteiger partial charge in [-0.15, -0.1) is 0 Å². The summed E-state index contributed by atoms with van der Waals surface area (Å²) in [4.78, 5) is 12.9. The minimum Gasteiger partial charge on any atom is -0.489 e. The monoisotopic (exact) mass is 270 g/mol. The maximum Gasteiger partial charge on any atom is 0.144 e. The molecule has 0 saturated heterocycles. The molecule has 1 saturated carbocycles. The lowest BCUT2D eigenvalue weighted by molar-refractivity contribution is 0.301. The highest BCUT2D eigenvalue weighted by Gasteiger charge is 2.23. The van der Waals surface area contributed by atoms with Gasteiger partial charge in [-0.25, -0.2) is 9.97 Å². The fourth-order valence-corrected chi connectivity index (χ4v) is 1.85. The van der Waals surface area contributed by atoms with Crippen molar-refractivity contribution in [1.29, 1.82) is 0 Å². The highest BCUT2D eigenvalue weighted by molar-refractivity contribution is 5.20. The predicted molar refractivity (Wildman–Crippen MR) is 75.2 cm³/mol. The minimum atomic E-state index is 0.0976. The van der Waals surface area contributed by atoms with Gasteiger partial charge in [0, 0.05) is 18.9 Å². The first-order valence-electron chi connectivity index (χ1n) is 6.93. The molecule has 0 aliphatic heterocycles. The fraction of sp³-hybridized carbons (Fsp3) is 0.400. The molecule has 104 valence electrons. The summed E-state index contributed by atoms with van der Waals surface area (Å²) in [6.07, 6.45) is 8.04. The van der Waals surface area contributed by atoms with Crippen molar-refractivity contribution in [3.63, 3.8) is 0 Å². The Bertz CT molecular complexity index is 540. The summed E-state index contributed by atoms with van der Waals surface area (Å²) in [5.74, 6) is 1.65. The third kappa shape index (κ3) is 3.51. The van der Waals surface area contributed by atoms with Crippen LogP contribution in [0.5, 0.6) is 5.75 Å². The average molecular weight is 270 g/mol. The van der Waals surface area contributed by atoms with Crippen LogP contribution < -0.4 is 10.1 Å². The third-order valence-corrected chi connectivity index (χ3v) is 3.19. The minimum absolute atomic E-state index is 0.0976. The van der Waals surface area contributed by atoms with Crippen molar-refractivity contribution in [1.82, 2.24) is 20.3 Å². The molecule has 20 heavy (non-hydrogen) atoms. The summed E-state index contributed by atoms with van der Waals surface area (Å²) in [6.45, 7) is 2.73. The summed E-state index contributed by atoms with van der Waals surface area (Å²) >= 11 is 0. The van der Waals surface area contributed by atoms with Gasteiger partial charge in [0.1, 0.15) is 11.6 Å². The van der Waals surface area contributed by atoms with Crippen LogP contribution >= 0.6 is 0 Å². The van der Waals surface area contributed by atoms with Gasteiger partial charge in [-0.05, 0) is 38.0 Å². The topological polar surface area (TPSA) is 59.9 Å². The SMILES string of the molecule is C[C@@H](NCc1ccc(OC2CC2)cn1)c1ncccn1. The fourth-order valence-electron chi connectivity index (χ4n) is 1.85. The molecule has 1 aliphatic carbocycles. The molecular formula is C15H18N4O. The maximum atomic E-state index is 5.67. The Morgan fingerprint density at radius 1 is 1.25 bits per heavy atom. The van der Waals surface area contributed by atoms with Crippen LogP contribution in [0.15, 0.2) is 36.8 Å². The van der Waals surface area contributed by atoms with E-state index in [9.17, 15) is 0 Å². The quantitative estimate of drug-likeness (QED) is 0.872. The second-order valence-electron chi connectivity index (χ2n) is 5.01. The smallest absolute Gasteiger partial charge is 0.144 e. The lowest BCUT2D eigenvalue weighted by atomic mass is 10.3. The zero-order valence-corrected chi connectivity index (χ0v) is 11.5. The van der Waals surface area contributed by atoms with Crippen LogP contribution in [0.3, 0.4) is 0 Å². The highest BCUT2D eigenvalue weighted by Crippen LogP contribution is 2.26. The Morgan fingerprint density at radius 3 is 2.70 bits per heavy atom. The number of rotatable bonds is 6. The summed E-state index contributed by atoms with van der Waals surface area (Å²) < 4.78 is 5.67. The molecule has 5 nitrogen and oxygen atoms in total. The molecule has 0 bridgehead atoms. The largest absolute Gasteiger partial charge is 0.489 e. The Kier molecular flexibility index (Phi) is 3.87. The summed E-state index contributed by atoms with van der Waals surface area (Å²) in [5, 5.41) is 3.36. The molecule has 0 unspecified atom stereocenters. The number of pyridine rings is 1. The zero-order valence-electron chi connectivity index (χ0n) is 11.5. The summed E-state index contributed by atoms with van der Waals surface area (Å²) in [6, 6.07) is 5.88. The standard InChI is InChI=1S/C15H18N4O/c1-11(15-16-7-2-8-17-15)18-9-12-3-4-14(10-19-12)20-13-5-6-13/h2-4,7-8,10-11,13,18H,5-6,9H2,1H3/t11-/m1/s1. The molecule has 0 amide bonds.